The standard InChI is InChI=1S/C19H23N3OS/c1-15-5-2-7-17(11-15)21-19(24)22(14-18-8-4-10-23-18)13-16-6-3-9-20-12-16/h2-3,5-7,9,11-12,18H,4,8,10,13-14H2,1H3,(H,21,24)/t18-/m0/s1. The molecule has 1 atom stereocenters. The fraction of sp³-hybridized carbons (Fsp3) is 0.368. The first-order chi connectivity index (χ1) is 11.7. The topological polar surface area (TPSA) is 37.4 Å². The minimum atomic E-state index is 0.249. The average molecular weight is 341 g/mol. The van der Waals surface area contributed by atoms with Gasteiger partial charge in [-0.15, -0.1) is 0 Å². The van der Waals surface area contributed by atoms with E-state index in [4.69, 9.17) is 17.0 Å². The second-order valence-electron chi connectivity index (χ2n) is 6.18. The summed E-state index contributed by atoms with van der Waals surface area (Å²) in [5.74, 6) is 0. The lowest BCUT2D eigenvalue weighted by molar-refractivity contribution is 0.0905. The van der Waals surface area contributed by atoms with Crippen LogP contribution in [0.3, 0.4) is 0 Å². The van der Waals surface area contributed by atoms with E-state index in [0.29, 0.717) is 0 Å². The number of rotatable bonds is 5. The second kappa shape index (κ2) is 8.22. The normalized spacial score (nSPS) is 16.8. The van der Waals surface area contributed by atoms with Crippen LogP contribution >= 0.6 is 12.2 Å². The van der Waals surface area contributed by atoms with Crippen LogP contribution < -0.4 is 5.32 Å². The lowest BCUT2D eigenvalue weighted by Gasteiger charge is -2.28. The van der Waals surface area contributed by atoms with E-state index in [1.165, 1.54) is 5.56 Å². The van der Waals surface area contributed by atoms with Gasteiger partial charge in [0, 0.05) is 37.8 Å². The summed E-state index contributed by atoms with van der Waals surface area (Å²) in [6, 6.07) is 12.3. The Bertz CT molecular complexity index is 671. The Balaban J connectivity index is 1.70. The quantitative estimate of drug-likeness (QED) is 0.838. The maximum Gasteiger partial charge on any atom is 0.173 e. The van der Waals surface area contributed by atoms with Gasteiger partial charge in [0.05, 0.1) is 6.10 Å². The van der Waals surface area contributed by atoms with Crippen LogP contribution in [-0.2, 0) is 11.3 Å². The minimum Gasteiger partial charge on any atom is -0.376 e. The van der Waals surface area contributed by atoms with Gasteiger partial charge < -0.3 is 15.0 Å². The van der Waals surface area contributed by atoms with Crippen molar-refractivity contribution in [1.82, 2.24) is 9.88 Å². The Morgan fingerprint density at radius 1 is 1.38 bits per heavy atom. The molecule has 5 heteroatoms. The van der Waals surface area contributed by atoms with Crippen LogP contribution in [0, 0.1) is 6.92 Å². The summed E-state index contributed by atoms with van der Waals surface area (Å²) in [5, 5.41) is 4.08. The maximum atomic E-state index is 5.80. The van der Waals surface area contributed by atoms with Gasteiger partial charge in [-0.1, -0.05) is 18.2 Å². The molecular weight excluding hydrogens is 318 g/mol. The summed E-state index contributed by atoms with van der Waals surface area (Å²) in [4.78, 5) is 6.37. The Kier molecular flexibility index (Phi) is 5.77. The molecule has 0 bridgehead atoms. The zero-order chi connectivity index (χ0) is 16.8. The maximum absolute atomic E-state index is 5.80. The molecule has 1 fully saturated rings. The summed E-state index contributed by atoms with van der Waals surface area (Å²) in [6.45, 7) is 4.45. The van der Waals surface area contributed by atoms with Gasteiger partial charge in [0.1, 0.15) is 0 Å². The molecule has 2 aromatic rings. The smallest absolute Gasteiger partial charge is 0.173 e. The van der Waals surface area contributed by atoms with E-state index in [1.807, 2.05) is 24.4 Å². The van der Waals surface area contributed by atoms with E-state index in [9.17, 15) is 0 Å². The number of benzene rings is 1. The highest BCUT2D eigenvalue weighted by Gasteiger charge is 2.21. The summed E-state index contributed by atoms with van der Waals surface area (Å²) >= 11 is 5.67. The molecule has 1 N–H and O–H groups in total. The Hall–Kier alpha value is -1.98. The monoisotopic (exact) mass is 341 g/mol. The van der Waals surface area contributed by atoms with Gasteiger partial charge in [-0.3, -0.25) is 4.98 Å². The number of nitrogens with one attached hydrogen (secondary N) is 1. The predicted molar refractivity (Wildman–Crippen MR) is 101 cm³/mol. The highest BCUT2D eigenvalue weighted by molar-refractivity contribution is 7.80. The van der Waals surface area contributed by atoms with Gasteiger partial charge in [-0.05, 0) is 61.3 Å². The molecule has 1 saturated heterocycles. The molecule has 1 aliphatic heterocycles. The molecule has 0 radical (unpaired) electrons. The number of ether oxygens (including phenoxy) is 1. The Labute approximate surface area is 148 Å². The van der Waals surface area contributed by atoms with Crippen molar-refractivity contribution in [3.8, 4) is 0 Å². The van der Waals surface area contributed by atoms with E-state index >= 15 is 0 Å². The number of hydrogen-bond donors (Lipinski definition) is 1. The molecule has 126 valence electrons. The van der Waals surface area contributed by atoms with Gasteiger partial charge in [-0.25, -0.2) is 0 Å². The number of aryl methyl sites for hydroxylation is 1. The van der Waals surface area contributed by atoms with Crippen LogP contribution in [0.25, 0.3) is 0 Å². The highest BCUT2D eigenvalue weighted by Crippen LogP contribution is 2.17. The van der Waals surface area contributed by atoms with E-state index in [0.717, 1.165) is 48.9 Å². The van der Waals surface area contributed by atoms with E-state index in [2.05, 4.69) is 40.3 Å². The van der Waals surface area contributed by atoms with E-state index in [1.54, 1.807) is 6.20 Å². The fourth-order valence-corrected chi connectivity index (χ4v) is 3.15. The third-order valence-corrected chi connectivity index (χ3v) is 4.46. The average Bonchev–Trinajstić information content (AvgIpc) is 3.08. The SMILES string of the molecule is Cc1cccc(NC(=S)N(Cc2cccnc2)C[C@@H]2CCCO2)c1. The highest BCUT2D eigenvalue weighted by atomic mass is 32.1. The zero-order valence-corrected chi connectivity index (χ0v) is 14.8. The first-order valence-electron chi connectivity index (χ1n) is 8.34. The summed E-state index contributed by atoms with van der Waals surface area (Å²) in [6.07, 6.45) is 6.15. The molecule has 24 heavy (non-hydrogen) atoms. The molecular formula is C19H23N3OS. The number of aromatic nitrogens is 1. The molecule has 2 heterocycles. The van der Waals surface area contributed by atoms with Crippen LogP contribution in [0.4, 0.5) is 5.69 Å². The van der Waals surface area contributed by atoms with Gasteiger partial charge >= 0.3 is 0 Å². The summed E-state index contributed by atoms with van der Waals surface area (Å²) in [7, 11) is 0. The fourth-order valence-electron chi connectivity index (χ4n) is 2.89. The molecule has 1 aromatic carbocycles. The number of pyridine rings is 1. The molecule has 1 aromatic heterocycles. The molecule has 0 amide bonds. The largest absolute Gasteiger partial charge is 0.376 e. The Morgan fingerprint density at radius 3 is 3.00 bits per heavy atom. The molecule has 1 aliphatic rings. The molecule has 0 aliphatic carbocycles. The van der Waals surface area contributed by atoms with E-state index in [-0.39, 0.29) is 6.10 Å². The third-order valence-electron chi connectivity index (χ3n) is 4.10. The minimum absolute atomic E-state index is 0.249. The molecule has 3 rings (SSSR count). The first kappa shape index (κ1) is 16.9. The molecule has 0 unspecified atom stereocenters. The van der Waals surface area contributed by atoms with Gasteiger partial charge in [0.25, 0.3) is 0 Å². The first-order valence-corrected chi connectivity index (χ1v) is 8.74. The third kappa shape index (κ3) is 4.76. The number of thiocarbonyl (C=S) groups is 1. The lowest BCUT2D eigenvalue weighted by atomic mass is 10.2. The zero-order valence-electron chi connectivity index (χ0n) is 13.9. The van der Waals surface area contributed by atoms with Crippen molar-refractivity contribution in [1.29, 1.82) is 0 Å². The van der Waals surface area contributed by atoms with Crippen molar-refractivity contribution in [3.63, 3.8) is 0 Å². The van der Waals surface area contributed by atoms with Crippen molar-refractivity contribution >= 4 is 23.0 Å². The van der Waals surface area contributed by atoms with Crippen molar-refractivity contribution < 1.29 is 4.74 Å². The van der Waals surface area contributed by atoms with Crippen molar-refractivity contribution in [3.05, 3.63) is 59.9 Å². The number of hydrogen-bond acceptors (Lipinski definition) is 3. The van der Waals surface area contributed by atoms with Crippen LogP contribution in [0.15, 0.2) is 48.8 Å². The van der Waals surface area contributed by atoms with Crippen LogP contribution in [0.1, 0.15) is 24.0 Å². The van der Waals surface area contributed by atoms with Gasteiger partial charge in [0.15, 0.2) is 5.11 Å². The van der Waals surface area contributed by atoms with Gasteiger partial charge in [-0.2, -0.15) is 0 Å². The predicted octanol–water partition coefficient (Wildman–Crippen LogP) is 3.77. The van der Waals surface area contributed by atoms with Crippen LogP contribution in [-0.4, -0.2) is 34.3 Å². The van der Waals surface area contributed by atoms with Crippen molar-refractivity contribution in [2.75, 3.05) is 18.5 Å². The molecule has 4 nitrogen and oxygen atoms in total. The van der Waals surface area contributed by atoms with Crippen LogP contribution in [0.2, 0.25) is 0 Å². The summed E-state index contributed by atoms with van der Waals surface area (Å²) in [5.41, 5.74) is 3.37. The lowest BCUT2D eigenvalue weighted by Crippen LogP contribution is -2.39. The van der Waals surface area contributed by atoms with Crippen molar-refractivity contribution in [2.45, 2.75) is 32.4 Å². The summed E-state index contributed by atoms with van der Waals surface area (Å²) < 4.78 is 5.80. The van der Waals surface area contributed by atoms with E-state index < -0.39 is 0 Å². The van der Waals surface area contributed by atoms with Gasteiger partial charge in [0.2, 0.25) is 0 Å². The second-order valence-corrected chi connectivity index (χ2v) is 6.56. The number of anilines is 1. The number of nitrogens with zero attached hydrogens (tertiary/aromatic N) is 2. The van der Waals surface area contributed by atoms with Crippen molar-refractivity contribution in [2.24, 2.45) is 0 Å². The Morgan fingerprint density at radius 2 is 2.29 bits per heavy atom. The molecule has 0 spiro atoms. The van der Waals surface area contributed by atoms with Crippen LogP contribution in [0.5, 0.6) is 0 Å². The molecule has 0 saturated carbocycles.